The van der Waals surface area contributed by atoms with Crippen molar-refractivity contribution in [3.05, 3.63) is 28.8 Å². The minimum atomic E-state index is 0.138. The molecule has 1 aromatic carbocycles. The van der Waals surface area contributed by atoms with E-state index in [1.54, 1.807) is 11.3 Å². The van der Waals surface area contributed by atoms with Gasteiger partial charge in [0.1, 0.15) is 5.01 Å². The van der Waals surface area contributed by atoms with Crippen LogP contribution in [0.4, 0.5) is 5.13 Å². The number of fused-ring (bicyclic) bond motifs is 1. The lowest BCUT2D eigenvalue weighted by Crippen LogP contribution is -2.06. The highest BCUT2D eigenvalue weighted by atomic mass is 32.1. The number of ether oxygens (including phenoxy) is 2. The van der Waals surface area contributed by atoms with Gasteiger partial charge >= 0.3 is 0 Å². The van der Waals surface area contributed by atoms with Crippen LogP contribution in [0.25, 0.3) is 0 Å². The van der Waals surface area contributed by atoms with Crippen LogP contribution in [0.15, 0.2) is 18.2 Å². The molecule has 1 N–H and O–H groups in total. The summed E-state index contributed by atoms with van der Waals surface area (Å²) in [6.45, 7) is 6.77. The Hall–Kier alpha value is -1.82. The molecule has 2 heterocycles. The molecule has 112 valence electrons. The molecule has 1 aliphatic rings. The number of hydrogen-bond donors (Lipinski definition) is 1. The molecule has 0 radical (unpaired) electrons. The standard InChI is InChI=1S/C15H19N3O2S/c1-9(2)6-14-17-18-15(21-14)16-10(3)11-4-5-12-13(7-11)20-8-19-12/h4-5,7,9-10H,6,8H2,1-3H3,(H,16,18). The van der Waals surface area contributed by atoms with E-state index in [0.29, 0.717) is 12.7 Å². The van der Waals surface area contributed by atoms with Crippen molar-refractivity contribution in [2.24, 2.45) is 5.92 Å². The molecule has 0 saturated carbocycles. The second-order valence-corrected chi connectivity index (χ2v) is 6.64. The molecule has 1 atom stereocenters. The summed E-state index contributed by atoms with van der Waals surface area (Å²) in [6.07, 6.45) is 0.970. The van der Waals surface area contributed by atoms with Crippen LogP contribution in [-0.4, -0.2) is 17.0 Å². The van der Waals surface area contributed by atoms with Crippen LogP contribution in [0.5, 0.6) is 11.5 Å². The highest BCUT2D eigenvalue weighted by Gasteiger charge is 2.16. The van der Waals surface area contributed by atoms with Crippen LogP contribution in [0, 0.1) is 5.92 Å². The van der Waals surface area contributed by atoms with Crippen molar-refractivity contribution in [3.8, 4) is 11.5 Å². The highest BCUT2D eigenvalue weighted by Crippen LogP contribution is 2.35. The van der Waals surface area contributed by atoms with Gasteiger partial charge in [-0.25, -0.2) is 0 Å². The first-order chi connectivity index (χ1) is 10.1. The Morgan fingerprint density at radius 3 is 2.81 bits per heavy atom. The van der Waals surface area contributed by atoms with E-state index in [0.717, 1.165) is 33.6 Å². The largest absolute Gasteiger partial charge is 0.454 e. The van der Waals surface area contributed by atoms with Crippen molar-refractivity contribution in [3.63, 3.8) is 0 Å². The van der Waals surface area contributed by atoms with Crippen molar-refractivity contribution in [1.82, 2.24) is 10.2 Å². The zero-order chi connectivity index (χ0) is 14.8. The van der Waals surface area contributed by atoms with E-state index in [-0.39, 0.29) is 6.04 Å². The van der Waals surface area contributed by atoms with Crippen LogP contribution in [0.3, 0.4) is 0 Å². The fourth-order valence-electron chi connectivity index (χ4n) is 2.19. The molecule has 3 rings (SSSR count). The zero-order valence-corrected chi connectivity index (χ0v) is 13.2. The van der Waals surface area contributed by atoms with Crippen LogP contribution >= 0.6 is 11.3 Å². The number of anilines is 1. The lowest BCUT2D eigenvalue weighted by Gasteiger charge is -2.13. The normalized spacial score (nSPS) is 14.5. The SMILES string of the molecule is CC(C)Cc1nnc(NC(C)c2ccc3c(c2)OCO3)s1. The minimum Gasteiger partial charge on any atom is -0.454 e. The third-order valence-electron chi connectivity index (χ3n) is 3.29. The van der Waals surface area contributed by atoms with Crippen molar-refractivity contribution in [1.29, 1.82) is 0 Å². The molecule has 1 aromatic heterocycles. The predicted molar refractivity (Wildman–Crippen MR) is 83.1 cm³/mol. The van der Waals surface area contributed by atoms with E-state index in [1.165, 1.54) is 0 Å². The van der Waals surface area contributed by atoms with Crippen molar-refractivity contribution >= 4 is 16.5 Å². The van der Waals surface area contributed by atoms with E-state index in [4.69, 9.17) is 9.47 Å². The Bertz CT molecular complexity index is 627. The molecule has 0 bridgehead atoms. The molecule has 21 heavy (non-hydrogen) atoms. The molecular weight excluding hydrogens is 286 g/mol. The number of nitrogens with zero attached hydrogens (tertiary/aromatic N) is 2. The van der Waals surface area contributed by atoms with Gasteiger partial charge in [0.25, 0.3) is 0 Å². The van der Waals surface area contributed by atoms with Gasteiger partial charge in [-0.1, -0.05) is 31.3 Å². The molecule has 0 aliphatic carbocycles. The van der Waals surface area contributed by atoms with Crippen LogP contribution in [0.2, 0.25) is 0 Å². The number of nitrogens with one attached hydrogen (secondary N) is 1. The molecule has 6 heteroatoms. The van der Waals surface area contributed by atoms with Gasteiger partial charge in [-0.05, 0) is 30.5 Å². The Labute approximate surface area is 128 Å². The van der Waals surface area contributed by atoms with Crippen LogP contribution < -0.4 is 14.8 Å². The fraction of sp³-hybridized carbons (Fsp3) is 0.467. The first kappa shape index (κ1) is 14.1. The van der Waals surface area contributed by atoms with E-state index in [2.05, 4.69) is 36.3 Å². The zero-order valence-electron chi connectivity index (χ0n) is 12.4. The predicted octanol–water partition coefficient (Wildman–Crippen LogP) is 3.64. The van der Waals surface area contributed by atoms with Gasteiger partial charge in [-0.3, -0.25) is 0 Å². The molecule has 2 aromatic rings. The number of rotatable bonds is 5. The third-order valence-corrected chi connectivity index (χ3v) is 4.16. The quantitative estimate of drug-likeness (QED) is 0.914. The smallest absolute Gasteiger partial charge is 0.231 e. The second-order valence-electron chi connectivity index (χ2n) is 5.58. The number of hydrogen-bond acceptors (Lipinski definition) is 6. The third kappa shape index (κ3) is 3.26. The first-order valence-corrected chi connectivity index (χ1v) is 7.92. The maximum absolute atomic E-state index is 5.41. The van der Waals surface area contributed by atoms with Gasteiger partial charge in [-0.2, -0.15) is 0 Å². The molecule has 1 unspecified atom stereocenters. The summed E-state index contributed by atoms with van der Waals surface area (Å²) in [5.74, 6) is 2.21. The molecular formula is C15H19N3O2S. The van der Waals surface area contributed by atoms with Gasteiger partial charge in [0.05, 0.1) is 6.04 Å². The monoisotopic (exact) mass is 305 g/mol. The fourth-order valence-corrected chi connectivity index (χ4v) is 3.23. The van der Waals surface area contributed by atoms with E-state index < -0.39 is 0 Å². The first-order valence-electron chi connectivity index (χ1n) is 7.10. The highest BCUT2D eigenvalue weighted by molar-refractivity contribution is 7.15. The molecule has 0 spiro atoms. The summed E-state index contributed by atoms with van der Waals surface area (Å²) in [5, 5.41) is 13.8. The minimum absolute atomic E-state index is 0.138. The molecule has 0 fully saturated rings. The maximum Gasteiger partial charge on any atom is 0.231 e. The van der Waals surface area contributed by atoms with Gasteiger partial charge in [0.15, 0.2) is 11.5 Å². The van der Waals surface area contributed by atoms with Crippen molar-refractivity contribution in [2.45, 2.75) is 33.2 Å². The Morgan fingerprint density at radius 2 is 2.00 bits per heavy atom. The van der Waals surface area contributed by atoms with Gasteiger partial charge in [0, 0.05) is 6.42 Å². The van der Waals surface area contributed by atoms with Gasteiger partial charge < -0.3 is 14.8 Å². The summed E-state index contributed by atoms with van der Waals surface area (Å²) in [6, 6.07) is 6.14. The van der Waals surface area contributed by atoms with Crippen LogP contribution in [0.1, 0.15) is 37.4 Å². The topological polar surface area (TPSA) is 56.3 Å². The molecule has 5 nitrogen and oxygen atoms in total. The average Bonchev–Trinajstić information content (AvgIpc) is 3.06. The number of benzene rings is 1. The van der Waals surface area contributed by atoms with Gasteiger partial charge in [-0.15, -0.1) is 10.2 Å². The summed E-state index contributed by atoms with van der Waals surface area (Å²) in [5.41, 5.74) is 1.14. The van der Waals surface area contributed by atoms with E-state index >= 15 is 0 Å². The maximum atomic E-state index is 5.41. The second kappa shape index (κ2) is 5.89. The van der Waals surface area contributed by atoms with E-state index in [1.807, 2.05) is 18.2 Å². The summed E-state index contributed by atoms with van der Waals surface area (Å²) in [4.78, 5) is 0. The lowest BCUT2D eigenvalue weighted by atomic mass is 10.1. The molecule has 0 amide bonds. The van der Waals surface area contributed by atoms with Gasteiger partial charge in [0.2, 0.25) is 11.9 Å². The van der Waals surface area contributed by atoms with Crippen molar-refractivity contribution < 1.29 is 9.47 Å². The Morgan fingerprint density at radius 1 is 1.19 bits per heavy atom. The summed E-state index contributed by atoms with van der Waals surface area (Å²) < 4.78 is 10.7. The van der Waals surface area contributed by atoms with E-state index in [9.17, 15) is 0 Å². The van der Waals surface area contributed by atoms with Crippen LogP contribution in [-0.2, 0) is 6.42 Å². The average molecular weight is 305 g/mol. The summed E-state index contributed by atoms with van der Waals surface area (Å²) >= 11 is 1.62. The lowest BCUT2D eigenvalue weighted by molar-refractivity contribution is 0.174. The molecule has 0 saturated heterocycles. The number of aromatic nitrogens is 2. The van der Waals surface area contributed by atoms with Crippen molar-refractivity contribution in [2.75, 3.05) is 12.1 Å². The Balaban J connectivity index is 1.68. The summed E-state index contributed by atoms with van der Waals surface area (Å²) in [7, 11) is 0. The Kier molecular flexibility index (Phi) is 3.96. The molecule has 1 aliphatic heterocycles.